The minimum atomic E-state index is -3.54. The van der Waals surface area contributed by atoms with E-state index in [1.54, 1.807) is 18.2 Å². The van der Waals surface area contributed by atoms with E-state index < -0.39 is 22.4 Å². The Morgan fingerprint density at radius 2 is 1.83 bits per heavy atom. The van der Waals surface area contributed by atoms with Crippen LogP contribution in [0.3, 0.4) is 0 Å². The van der Waals surface area contributed by atoms with Crippen molar-refractivity contribution in [2.45, 2.75) is 18.7 Å². The fraction of sp³-hybridized carbons (Fsp3) is 0.250. The van der Waals surface area contributed by atoms with Gasteiger partial charge in [-0.25, -0.2) is 13.2 Å². The van der Waals surface area contributed by atoms with Gasteiger partial charge in [-0.1, -0.05) is 19.1 Å². The van der Waals surface area contributed by atoms with Crippen LogP contribution in [0.5, 0.6) is 0 Å². The van der Waals surface area contributed by atoms with Crippen LogP contribution in [0.4, 0.5) is 0 Å². The summed E-state index contributed by atoms with van der Waals surface area (Å²) in [5, 5.41) is 0. The van der Waals surface area contributed by atoms with Gasteiger partial charge in [0.05, 0.1) is 21.1 Å². The molecule has 0 aliphatic carbocycles. The summed E-state index contributed by atoms with van der Waals surface area (Å²) in [6.07, 6.45) is 0. The molecule has 2 aromatic rings. The molecule has 0 spiro atoms. The lowest BCUT2D eigenvalue weighted by Crippen LogP contribution is -2.17. The van der Waals surface area contributed by atoms with Gasteiger partial charge in [-0.2, -0.15) is 0 Å². The molecule has 0 aliphatic heterocycles. The van der Waals surface area contributed by atoms with Crippen LogP contribution in [-0.4, -0.2) is 32.5 Å². The smallest absolute Gasteiger partial charge is 0.339 e. The second kappa shape index (κ2) is 7.06. The first-order valence-corrected chi connectivity index (χ1v) is 9.40. The molecule has 1 aromatic heterocycles. The average molecular weight is 352 g/mol. The number of carbonyl (C=O) groups excluding carboxylic acids is 2. The van der Waals surface area contributed by atoms with E-state index in [2.05, 4.69) is 0 Å². The number of rotatable bonds is 6. The Balaban J connectivity index is 2.14. The van der Waals surface area contributed by atoms with E-state index in [9.17, 15) is 18.0 Å². The molecule has 1 heterocycles. The van der Waals surface area contributed by atoms with Crippen molar-refractivity contribution in [3.05, 3.63) is 51.7 Å². The lowest BCUT2D eigenvalue weighted by atomic mass is 10.2. The molecule has 0 saturated heterocycles. The number of hydrogen-bond donors (Lipinski definition) is 0. The molecule has 5 nitrogen and oxygen atoms in total. The lowest BCUT2D eigenvalue weighted by molar-refractivity contribution is 0.0472. The number of aryl methyl sites for hydroxylation is 1. The highest BCUT2D eigenvalue weighted by atomic mass is 32.2. The summed E-state index contributed by atoms with van der Waals surface area (Å²) in [5.41, 5.74) is -0.0514. The predicted molar refractivity (Wildman–Crippen MR) is 87.8 cm³/mol. The first kappa shape index (κ1) is 17.4. The Morgan fingerprint density at radius 1 is 1.13 bits per heavy atom. The van der Waals surface area contributed by atoms with Crippen molar-refractivity contribution in [2.24, 2.45) is 0 Å². The standard InChI is InChI=1S/C16H16O5S2/c1-3-23(19,20)15-7-5-4-6-12(15)16(18)21-10-13(17)14-9-8-11(2)22-14/h4-9H,3,10H2,1-2H3. The lowest BCUT2D eigenvalue weighted by Gasteiger charge is -2.08. The zero-order chi connectivity index (χ0) is 17.0. The molecule has 0 unspecified atom stereocenters. The molecule has 2 rings (SSSR count). The molecule has 122 valence electrons. The summed E-state index contributed by atoms with van der Waals surface area (Å²) in [6.45, 7) is 2.96. The van der Waals surface area contributed by atoms with Crippen molar-refractivity contribution < 1.29 is 22.7 Å². The van der Waals surface area contributed by atoms with Crippen molar-refractivity contribution in [1.29, 1.82) is 0 Å². The van der Waals surface area contributed by atoms with Crippen LogP contribution < -0.4 is 0 Å². The number of ketones is 1. The molecular weight excluding hydrogens is 336 g/mol. The molecule has 0 amide bonds. The van der Waals surface area contributed by atoms with Crippen LogP contribution in [-0.2, 0) is 14.6 Å². The Labute approximate surface area is 138 Å². The summed E-state index contributed by atoms with van der Waals surface area (Å²) < 4.78 is 29.0. The maximum Gasteiger partial charge on any atom is 0.339 e. The number of ether oxygens (including phenoxy) is 1. The van der Waals surface area contributed by atoms with Crippen molar-refractivity contribution >= 4 is 32.9 Å². The highest BCUT2D eigenvalue weighted by molar-refractivity contribution is 7.91. The first-order valence-electron chi connectivity index (χ1n) is 6.93. The number of hydrogen-bond acceptors (Lipinski definition) is 6. The van der Waals surface area contributed by atoms with Crippen LogP contribution in [0, 0.1) is 6.92 Å². The van der Waals surface area contributed by atoms with Gasteiger partial charge in [0.25, 0.3) is 0 Å². The maximum absolute atomic E-state index is 12.1. The average Bonchev–Trinajstić information content (AvgIpc) is 2.98. The largest absolute Gasteiger partial charge is 0.454 e. The minimum Gasteiger partial charge on any atom is -0.454 e. The zero-order valence-corrected chi connectivity index (χ0v) is 14.4. The molecule has 0 N–H and O–H groups in total. The van der Waals surface area contributed by atoms with Crippen molar-refractivity contribution in [1.82, 2.24) is 0 Å². The Morgan fingerprint density at radius 3 is 2.43 bits per heavy atom. The fourth-order valence-electron chi connectivity index (χ4n) is 1.93. The summed E-state index contributed by atoms with van der Waals surface area (Å²) >= 11 is 1.32. The second-order valence-electron chi connectivity index (χ2n) is 4.81. The molecule has 0 atom stereocenters. The molecule has 0 radical (unpaired) electrons. The third kappa shape index (κ3) is 4.05. The third-order valence-electron chi connectivity index (χ3n) is 3.17. The monoisotopic (exact) mass is 352 g/mol. The van der Waals surface area contributed by atoms with E-state index >= 15 is 0 Å². The number of benzene rings is 1. The van der Waals surface area contributed by atoms with Gasteiger partial charge in [-0.15, -0.1) is 11.3 Å². The van der Waals surface area contributed by atoms with Gasteiger partial charge >= 0.3 is 5.97 Å². The SMILES string of the molecule is CCS(=O)(=O)c1ccccc1C(=O)OCC(=O)c1ccc(C)s1. The van der Waals surface area contributed by atoms with Gasteiger partial charge < -0.3 is 4.74 Å². The zero-order valence-electron chi connectivity index (χ0n) is 12.7. The van der Waals surface area contributed by atoms with Crippen molar-refractivity contribution in [3.8, 4) is 0 Å². The van der Waals surface area contributed by atoms with Crippen LogP contribution in [0.15, 0.2) is 41.3 Å². The Bertz CT molecular complexity index is 834. The Hall–Kier alpha value is -1.99. The summed E-state index contributed by atoms with van der Waals surface area (Å²) in [5.74, 6) is -1.25. The van der Waals surface area contributed by atoms with Crippen molar-refractivity contribution in [2.75, 3.05) is 12.4 Å². The van der Waals surface area contributed by atoms with Gasteiger partial charge in [0.2, 0.25) is 5.78 Å². The molecule has 7 heteroatoms. The van der Waals surface area contributed by atoms with Crippen LogP contribution in [0.25, 0.3) is 0 Å². The third-order valence-corrected chi connectivity index (χ3v) is 6.00. The maximum atomic E-state index is 12.1. The normalized spacial score (nSPS) is 11.2. The summed E-state index contributed by atoms with van der Waals surface area (Å²) in [7, 11) is -3.54. The number of thiophene rings is 1. The molecule has 0 fully saturated rings. The highest BCUT2D eigenvalue weighted by Crippen LogP contribution is 2.19. The topological polar surface area (TPSA) is 77.5 Å². The van der Waals surface area contributed by atoms with Crippen molar-refractivity contribution in [3.63, 3.8) is 0 Å². The second-order valence-corrected chi connectivity index (χ2v) is 8.34. The summed E-state index contributed by atoms with van der Waals surface area (Å²) in [4.78, 5) is 25.5. The minimum absolute atomic E-state index is 0.0514. The molecule has 23 heavy (non-hydrogen) atoms. The van der Waals surface area contributed by atoms with Crippen LogP contribution in [0.2, 0.25) is 0 Å². The van der Waals surface area contributed by atoms with Gasteiger partial charge in [0.15, 0.2) is 16.4 Å². The fourth-order valence-corrected chi connectivity index (χ4v) is 3.80. The molecular formula is C16H16O5S2. The number of carbonyl (C=O) groups is 2. The highest BCUT2D eigenvalue weighted by Gasteiger charge is 2.22. The Kier molecular flexibility index (Phi) is 5.33. The van der Waals surface area contributed by atoms with Gasteiger partial charge in [-0.3, -0.25) is 4.79 Å². The molecule has 0 aliphatic rings. The van der Waals surface area contributed by atoms with E-state index in [4.69, 9.17) is 4.74 Å². The molecule has 0 bridgehead atoms. The van der Waals surface area contributed by atoms with E-state index in [0.717, 1.165) is 4.88 Å². The van der Waals surface area contributed by atoms with E-state index in [1.807, 2.05) is 13.0 Å². The predicted octanol–water partition coefficient (Wildman–Crippen LogP) is 2.89. The van der Waals surface area contributed by atoms with E-state index in [-0.39, 0.29) is 22.0 Å². The van der Waals surface area contributed by atoms with Crippen LogP contribution in [0.1, 0.15) is 31.8 Å². The van der Waals surface area contributed by atoms with Gasteiger partial charge in [-0.05, 0) is 31.2 Å². The van der Waals surface area contributed by atoms with Crippen LogP contribution >= 0.6 is 11.3 Å². The molecule has 1 aromatic carbocycles. The number of sulfone groups is 1. The molecule has 0 saturated carbocycles. The van der Waals surface area contributed by atoms with E-state index in [1.165, 1.54) is 30.4 Å². The first-order chi connectivity index (χ1) is 10.8. The van der Waals surface area contributed by atoms with Gasteiger partial charge in [0.1, 0.15) is 0 Å². The number of esters is 1. The number of Topliss-reactive ketones (excluding diaryl/α,β-unsaturated/α-hetero) is 1. The van der Waals surface area contributed by atoms with Gasteiger partial charge in [0, 0.05) is 4.88 Å². The van der Waals surface area contributed by atoms with E-state index in [0.29, 0.717) is 4.88 Å². The quantitative estimate of drug-likeness (QED) is 0.590. The summed E-state index contributed by atoms with van der Waals surface area (Å²) in [6, 6.07) is 9.31.